The second kappa shape index (κ2) is 42.4. The molecule has 268 valence electrons. The van der Waals surface area contributed by atoms with Crippen molar-refractivity contribution < 1.29 is 24.5 Å². The third kappa shape index (κ3) is 52.2. The maximum Gasteiger partial charge on any atom is 0.0666 e. The van der Waals surface area contributed by atoms with E-state index in [1.165, 1.54) is 206 Å². The summed E-state index contributed by atoms with van der Waals surface area (Å²) in [6, 6.07) is 0. The van der Waals surface area contributed by atoms with E-state index in [9.17, 15) is 19.8 Å². The molecule has 0 amide bonds. The number of hydrogen-bond donors (Lipinski definition) is 0. The van der Waals surface area contributed by atoms with Crippen LogP contribution in [-0.2, 0) is 14.3 Å². The van der Waals surface area contributed by atoms with Gasteiger partial charge in [0.1, 0.15) is 0 Å². The number of carbonyl (C=O) groups is 2. The molecule has 0 radical (unpaired) electrons. The van der Waals surface area contributed by atoms with Crippen molar-refractivity contribution in [2.45, 2.75) is 206 Å². The Kier molecular flexibility index (Phi) is 45.0. The van der Waals surface area contributed by atoms with Crippen LogP contribution in [0.1, 0.15) is 206 Å². The fourth-order valence-corrected chi connectivity index (χ4v) is 5.30. The van der Waals surface area contributed by atoms with E-state index in [4.69, 9.17) is 0 Å². The molecule has 3 aliphatic rings. The van der Waals surface area contributed by atoms with Gasteiger partial charge in [0.25, 0.3) is 0 Å². The van der Waals surface area contributed by atoms with Crippen LogP contribution in [0, 0.1) is 0 Å². The molecule has 3 aliphatic carbocycles. The zero-order valence-corrected chi connectivity index (χ0v) is 30.7. The van der Waals surface area contributed by atoms with Crippen molar-refractivity contribution in [3.8, 4) is 0 Å². The number of carbonyl (C=O) groups excluding carboxylic acids is 2. The Morgan fingerprint density at radius 2 is 0.400 bits per heavy atom. The maximum absolute atomic E-state index is 9.49. The van der Waals surface area contributed by atoms with Gasteiger partial charge in [-0.1, -0.05) is 206 Å². The van der Waals surface area contributed by atoms with Crippen molar-refractivity contribution in [1.29, 1.82) is 0 Å². The van der Waals surface area contributed by atoms with E-state index in [0.717, 1.165) is 0 Å². The van der Waals surface area contributed by atoms with Crippen LogP contribution in [-0.4, -0.2) is 26.2 Å². The van der Waals surface area contributed by atoms with Crippen molar-refractivity contribution in [3.05, 3.63) is 24.3 Å². The molecular formula is C40H76O5-2. The molecule has 5 nitrogen and oxygen atoms in total. The van der Waals surface area contributed by atoms with Gasteiger partial charge in [-0.15, -0.1) is 0 Å². The second-order valence-electron chi connectivity index (χ2n) is 13.2. The van der Waals surface area contributed by atoms with Crippen molar-refractivity contribution >= 4 is 11.9 Å². The van der Waals surface area contributed by atoms with Crippen molar-refractivity contribution in [1.82, 2.24) is 0 Å². The summed E-state index contributed by atoms with van der Waals surface area (Å²) in [6.45, 7) is 8.95. The Hall–Kier alpha value is -1.62. The molecule has 3 fully saturated rings. The van der Waals surface area contributed by atoms with Crippen molar-refractivity contribution in [3.63, 3.8) is 0 Å². The van der Waals surface area contributed by atoms with Crippen LogP contribution in [0.25, 0.3) is 0 Å². The van der Waals surface area contributed by atoms with Crippen molar-refractivity contribution in [2.75, 3.05) is 14.2 Å². The number of carboxylic acids is 2. The number of carboxylic acid groups (broad SMARTS) is 2. The van der Waals surface area contributed by atoms with E-state index in [1.54, 1.807) is 14.2 Å². The van der Waals surface area contributed by atoms with Crippen LogP contribution in [0.2, 0.25) is 0 Å². The van der Waals surface area contributed by atoms with Crippen LogP contribution in [0.4, 0.5) is 0 Å². The Morgan fingerprint density at radius 3 is 0.422 bits per heavy atom. The smallest absolute Gasteiger partial charge is 0.0666 e. The quantitative estimate of drug-likeness (QED) is 0.281. The first-order valence-electron chi connectivity index (χ1n) is 18.8. The number of methoxy groups -OCH3 is 1. The predicted molar refractivity (Wildman–Crippen MR) is 191 cm³/mol. The lowest BCUT2D eigenvalue weighted by Gasteiger charge is -2.05. The zero-order valence-electron chi connectivity index (χ0n) is 30.7. The van der Waals surface area contributed by atoms with E-state index in [0.29, 0.717) is 0 Å². The highest BCUT2D eigenvalue weighted by Gasteiger charge is 1.98. The summed E-state index contributed by atoms with van der Waals surface area (Å²) in [7, 11) is 3.25. The Bertz CT molecular complexity index is 447. The summed E-state index contributed by atoms with van der Waals surface area (Å²) in [6.07, 6.45) is 45.0. The van der Waals surface area contributed by atoms with E-state index >= 15 is 0 Å². The van der Waals surface area contributed by atoms with Gasteiger partial charge in [-0.3, -0.25) is 0 Å². The van der Waals surface area contributed by atoms with Crippen LogP contribution in [0.15, 0.2) is 24.3 Å². The van der Waals surface area contributed by atoms with E-state index < -0.39 is 11.9 Å². The third-order valence-corrected chi connectivity index (χ3v) is 8.20. The molecule has 0 aromatic carbocycles. The van der Waals surface area contributed by atoms with Crippen LogP contribution in [0.3, 0.4) is 0 Å². The largest absolute Gasteiger partial charge is 0.545 e. The minimum absolute atomic E-state index is 0.0648. The number of rotatable bonds is 2. The predicted octanol–water partition coefficient (Wildman–Crippen LogP) is 10.6. The molecule has 3 saturated carbocycles. The Morgan fingerprint density at radius 1 is 0.356 bits per heavy atom. The van der Waals surface area contributed by atoms with Gasteiger partial charge in [0.15, 0.2) is 0 Å². The topological polar surface area (TPSA) is 89.5 Å². The zero-order chi connectivity index (χ0) is 34.2. The van der Waals surface area contributed by atoms with Gasteiger partial charge in [0.2, 0.25) is 0 Å². The van der Waals surface area contributed by atoms with Gasteiger partial charge in [-0.05, 0) is 25.0 Å². The molecule has 45 heavy (non-hydrogen) atoms. The standard InChI is InChI=1S/3C10H20.2C4H6O2.C2H6O/c3*1-2-4-6-8-10-9-7-5-3-1;2*1-3(2)4(5)6;1-3-2/h3*1-10H2;2*1H2,2H3,(H,5,6);1-2H3/p-2. The Balaban J connectivity index is -0.000000488. The fraction of sp³-hybridized carbons (Fsp3) is 0.850. The summed E-state index contributed by atoms with van der Waals surface area (Å²) in [5, 5.41) is 19.0. The monoisotopic (exact) mass is 637 g/mol. The summed E-state index contributed by atoms with van der Waals surface area (Å²) in [5.41, 5.74) is 0.130. The highest BCUT2D eigenvalue weighted by atomic mass is 16.4. The van der Waals surface area contributed by atoms with E-state index in [-0.39, 0.29) is 11.1 Å². The first-order chi connectivity index (χ1) is 21.7. The molecule has 3 rings (SSSR count). The first kappa shape index (κ1) is 47.8. The van der Waals surface area contributed by atoms with Crippen LogP contribution >= 0.6 is 0 Å². The summed E-state index contributed by atoms with van der Waals surface area (Å²) in [4.78, 5) is 19.0. The highest BCUT2D eigenvalue weighted by Crippen LogP contribution is 2.17. The number of aliphatic carboxylic acids is 2. The normalized spacial score (nSPS) is 18.4. The molecule has 0 aromatic rings. The minimum atomic E-state index is -1.19. The second-order valence-corrected chi connectivity index (χ2v) is 13.2. The summed E-state index contributed by atoms with van der Waals surface area (Å²) >= 11 is 0. The van der Waals surface area contributed by atoms with E-state index in [1.807, 2.05) is 0 Å². The lowest BCUT2D eigenvalue weighted by atomic mass is 10.0. The van der Waals surface area contributed by atoms with Gasteiger partial charge < -0.3 is 24.5 Å². The third-order valence-electron chi connectivity index (χ3n) is 8.20. The molecule has 5 heteroatoms. The SMILES string of the molecule is C1CCCCCCCCC1.C1CCCCCCCCC1.C1CCCCCCCCC1.C=C(C)C(=O)[O-].C=C(C)C(=O)[O-].COC. The van der Waals surface area contributed by atoms with E-state index in [2.05, 4.69) is 17.9 Å². The number of hydrogen-bond acceptors (Lipinski definition) is 5. The molecule has 0 unspecified atom stereocenters. The molecule has 0 bridgehead atoms. The fourth-order valence-electron chi connectivity index (χ4n) is 5.30. The van der Waals surface area contributed by atoms with Crippen molar-refractivity contribution in [2.24, 2.45) is 0 Å². The van der Waals surface area contributed by atoms with Gasteiger partial charge in [0, 0.05) is 14.2 Å². The minimum Gasteiger partial charge on any atom is -0.545 e. The van der Waals surface area contributed by atoms with Gasteiger partial charge in [-0.25, -0.2) is 0 Å². The van der Waals surface area contributed by atoms with Crippen LogP contribution in [0.5, 0.6) is 0 Å². The molecule has 0 saturated heterocycles. The molecule has 0 atom stereocenters. The molecule has 0 spiro atoms. The maximum atomic E-state index is 9.49. The Labute approximate surface area is 281 Å². The van der Waals surface area contributed by atoms with Gasteiger partial charge in [-0.2, -0.15) is 0 Å². The summed E-state index contributed by atoms with van der Waals surface area (Å²) < 4.78 is 4.25. The average Bonchev–Trinajstić information content (AvgIpc) is 3.03. The molecule has 0 aliphatic heterocycles. The summed E-state index contributed by atoms with van der Waals surface area (Å²) in [5.74, 6) is -2.37. The van der Waals surface area contributed by atoms with Gasteiger partial charge in [0.05, 0.1) is 11.9 Å². The lowest BCUT2D eigenvalue weighted by molar-refractivity contribution is -0.300. The molecule has 0 heterocycles. The molecule has 0 N–H and O–H groups in total. The molecular weight excluding hydrogens is 560 g/mol. The first-order valence-corrected chi connectivity index (χ1v) is 18.8. The molecule has 0 aromatic heterocycles. The lowest BCUT2D eigenvalue weighted by Crippen LogP contribution is -2.22. The van der Waals surface area contributed by atoms with Gasteiger partial charge >= 0.3 is 0 Å². The average molecular weight is 637 g/mol. The highest BCUT2D eigenvalue weighted by molar-refractivity contribution is 5.83. The number of ether oxygens (including phenoxy) is 1. The van der Waals surface area contributed by atoms with Crippen LogP contribution < -0.4 is 10.2 Å².